The second-order valence-electron chi connectivity index (χ2n) is 5.81. The molecular weight excluding hydrogens is 427 g/mol. The summed E-state index contributed by atoms with van der Waals surface area (Å²) in [6, 6.07) is 8.04. The molecule has 0 heterocycles. The molecule has 0 aliphatic heterocycles. The Morgan fingerprint density at radius 2 is 1.75 bits per heavy atom. The first-order chi connectivity index (χ1) is 13.2. The van der Waals surface area contributed by atoms with E-state index in [0.717, 1.165) is 0 Å². The van der Waals surface area contributed by atoms with Gasteiger partial charge in [-0.1, -0.05) is 29.3 Å². The first-order valence-corrected chi connectivity index (χ1v) is 10.4. The van der Waals surface area contributed by atoms with E-state index in [1.165, 1.54) is 39.3 Å². The minimum absolute atomic E-state index is 0.0504. The van der Waals surface area contributed by atoms with Crippen LogP contribution in [0.3, 0.4) is 0 Å². The normalized spacial score (nSPS) is 12.3. The van der Waals surface area contributed by atoms with Gasteiger partial charge in [-0.05, 0) is 36.8 Å². The first-order valence-electron chi connectivity index (χ1n) is 8.14. The number of halogens is 2. The molecule has 0 aliphatic carbocycles. The molecule has 1 atom stereocenters. The molecular formula is C18H20Cl2N2O5S. The maximum absolute atomic E-state index is 12.6. The lowest BCUT2D eigenvalue weighted by atomic mass is 10.2. The molecule has 0 bridgehead atoms. The summed E-state index contributed by atoms with van der Waals surface area (Å²) >= 11 is 11.9. The summed E-state index contributed by atoms with van der Waals surface area (Å²) in [6.07, 6.45) is 0. The number of amides is 1. The van der Waals surface area contributed by atoms with Gasteiger partial charge >= 0.3 is 0 Å². The summed E-state index contributed by atoms with van der Waals surface area (Å²) in [5.41, 5.74) is 0.661. The van der Waals surface area contributed by atoms with E-state index in [9.17, 15) is 13.2 Å². The minimum atomic E-state index is -3.95. The lowest BCUT2D eigenvalue weighted by Gasteiger charge is -2.16. The molecule has 152 valence electrons. The highest BCUT2D eigenvalue weighted by Crippen LogP contribution is 2.29. The van der Waals surface area contributed by atoms with E-state index in [2.05, 4.69) is 10.0 Å². The summed E-state index contributed by atoms with van der Waals surface area (Å²) in [6.45, 7) is 1.58. The number of hydrogen-bond acceptors (Lipinski definition) is 5. The second-order valence-corrected chi connectivity index (χ2v) is 8.37. The smallest absolute Gasteiger partial charge is 0.241 e. The summed E-state index contributed by atoms with van der Waals surface area (Å²) in [5.74, 6) is 0.155. The Labute approximate surface area is 174 Å². The third-order valence-electron chi connectivity index (χ3n) is 3.86. The van der Waals surface area contributed by atoms with Crippen LogP contribution in [0, 0.1) is 0 Å². The predicted octanol–water partition coefficient (Wildman–Crippen LogP) is 2.99. The van der Waals surface area contributed by atoms with Crippen LogP contribution in [-0.4, -0.2) is 34.6 Å². The number of carbonyl (C=O) groups excluding carboxylic acids is 1. The molecule has 2 aromatic rings. The molecule has 0 saturated carbocycles. The van der Waals surface area contributed by atoms with Crippen molar-refractivity contribution >= 4 is 39.1 Å². The van der Waals surface area contributed by atoms with Gasteiger partial charge in [0.05, 0.1) is 25.2 Å². The molecule has 0 fully saturated rings. The Kier molecular flexibility index (Phi) is 7.54. The lowest BCUT2D eigenvalue weighted by molar-refractivity contribution is -0.122. The highest BCUT2D eigenvalue weighted by Gasteiger charge is 2.23. The molecule has 2 N–H and O–H groups in total. The van der Waals surface area contributed by atoms with Crippen molar-refractivity contribution in [1.29, 1.82) is 0 Å². The zero-order chi connectivity index (χ0) is 20.9. The highest BCUT2D eigenvalue weighted by atomic mass is 35.5. The number of methoxy groups -OCH3 is 2. The van der Waals surface area contributed by atoms with Crippen LogP contribution in [-0.2, 0) is 21.4 Å². The number of hydrogen-bond donors (Lipinski definition) is 2. The number of rotatable bonds is 8. The van der Waals surface area contributed by atoms with Crippen molar-refractivity contribution in [2.75, 3.05) is 14.2 Å². The summed E-state index contributed by atoms with van der Waals surface area (Å²) in [7, 11) is -1.10. The molecule has 1 amide bonds. The van der Waals surface area contributed by atoms with Crippen LogP contribution < -0.4 is 19.5 Å². The molecule has 0 aliphatic rings. The van der Waals surface area contributed by atoms with Crippen molar-refractivity contribution in [3.05, 3.63) is 52.0 Å². The topological polar surface area (TPSA) is 93.7 Å². The molecule has 0 unspecified atom stereocenters. The van der Waals surface area contributed by atoms with Crippen molar-refractivity contribution < 1.29 is 22.7 Å². The molecule has 0 aromatic heterocycles. The zero-order valence-electron chi connectivity index (χ0n) is 15.5. The van der Waals surface area contributed by atoms with Crippen molar-refractivity contribution in [1.82, 2.24) is 10.0 Å². The Morgan fingerprint density at radius 3 is 2.36 bits per heavy atom. The minimum Gasteiger partial charge on any atom is -0.493 e. The molecule has 10 heteroatoms. The fraction of sp³-hybridized carbons (Fsp3) is 0.278. The summed E-state index contributed by atoms with van der Waals surface area (Å²) in [5, 5.41) is 3.53. The first kappa shape index (κ1) is 22.3. The Morgan fingerprint density at radius 1 is 1.07 bits per heavy atom. The fourth-order valence-electron chi connectivity index (χ4n) is 2.34. The van der Waals surface area contributed by atoms with Crippen molar-refractivity contribution in [3.8, 4) is 11.5 Å². The lowest BCUT2D eigenvalue weighted by Crippen LogP contribution is -2.44. The van der Waals surface area contributed by atoms with Crippen LogP contribution >= 0.6 is 23.2 Å². The van der Waals surface area contributed by atoms with Crippen LogP contribution in [0.2, 0.25) is 10.0 Å². The Hall–Kier alpha value is -2.00. The Balaban J connectivity index is 2.05. The van der Waals surface area contributed by atoms with Crippen molar-refractivity contribution in [3.63, 3.8) is 0 Å². The van der Waals surface area contributed by atoms with Gasteiger partial charge in [-0.15, -0.1) is 0 Å². The van der Waals surface area contributed by atoms with Gasteiger partial charge in [-0.25, -0.2) is 8.42 Å². The third-order valence-corrected chi connectivity index (χ3v) is 5.98. The van der Waals surface area contributed by atoms with E-state index in [4.69, 9.17) is 32.7 Å². The van der Waals surface area contributed by atoms with Gasteiger partial charge in [-0.2, -0.15) is 4.72 Å². The largest absolute Gasteiger partial charge is 0.493 e. The standard InChI is InChI=1S/C18H20Cl2N2O5S/c1-11(18(23)21-10-12-4-5-13(19)8-15(12)20)22-28(24,25)14-6-7-16(26-2)17(9-14)27-3/h4-9,11,22H,10H2,1-3H3,(H,21,23)/t11-/m0/s1. The van der Waals surface area contributed by atoms with Crippen LogP contribution in [0.15, 0.2) is 41.3 Å². The molecule has 0 saturated heterocycles. The van der Waals surface area contributed by atoms with Crippen LogP contribution in [0.1, 0.15) is 12.5 Å². The summed E-state index contributed by atoms with van der Waals surface area (Å²) < 4.78 is 37.6. The molecule has 2 rings (SSSR count). The van der Waals surface area contributed by atoms with Gasteiger partial charge in [0.15, 0.2) is 11.5 Å². The molecule has 0 spiro atoms. The van der Waals surface area contributed by atoms with Crippen LogP contribution in [0.25, 0.3) is 0 Å². The molecule has 0 radical (unpaired) electrons. The highest BCUT2D eigenvalue weighted by molar-refractivity contribution is 7.89. The third kappa shape index (κ3) is 5.51. The van der Waals surface area contributed by atoms with Gasteiger partial charge in [0, 0.05) is 22.7 Å². The monoisotopic (exact) mass is 446 g/mol. The van der Waals surface area contributed by atoms with Gasteiger partial charge in [0.1, 0.15) is 0 Å². The number of ether oxygens (including phenoxy) is 2. The quantitative estimate of drug-likeness (QED) is 0.649. The van der Waals surface area contributed by atoms with Crippen molar-refractivity contribution in [2.45, 2.75) is 24.4 Å². The average Bonchev–Trinajstić information content (AvgIpc) is 2.66. The molecule has 7 nitrogen and oxygen atoms in total. The zero-order valence-corrected chi connectivity index (χ0v) is 17.8. The van der Waals surface area contributed by atoms with Crippen LogP contribution in [0.4, 0.5) is 0 Å². The summed E-state index contributed by atoms with van der Waals surface area (Å²) in [4.78, 5) is 12.2. The van der Waals surface area contributed by atoms with E-state index in [-0.39, 0.29) is 17.2 Å². The van der Waals surface area contributed by atoms with Gasteiger partial charge in [0.25, 0.3) is 0 Å². The van der Waals surface area contributed by atoms with E-state index in [0.29, 0.717) is 21.4 Å². The van der Waals surface area contributed by atoms with E-state index >= 15 is 0 Å². The number of nitrogens with one attached hydrogen (secondary N) is 2. The predicted molar refractivity (Wildman–Crippen MR) is 108 cm³/mol. The van der Waals surface area contributed by atoms with E-state index in [1.54, 1.807) is 18.2 Å². The number of benzene rings is 2. The molecule has 2 aromatic carbocycles. The van der Waals surface area contributed by atoms with Gasteiger partial charge in [0.2, 0.25) is 15.9 Å². The maximum Gasteiger partial charge on any atom is 0.241 e. The Bertz CT molecular complexity index is 966. The number of carbonyl (C=O) groups is 1. The van der Waals surface area contributed by atoms with E-state index in [1.807, 2.05) is 0 Å². The fourth-order valence-corrected chi connectivity index (χ4v) is 4.03. The van der Waals surface area contributed by atoms with Gasteiger partial charge in [-0.3, -0.25) is 4.79 Å². The van der Waals surface area contributed by atoms with Crippen molar-refractivity contribution in [2.24, 2.45) is 0 Å². The molecule has 28 heavy (non-hydrogen) atoms. The second kappa shape index (κ2) is 9.47. The van der Waals surface area contributed by atoms with E-state index < -0.39 is 22.0 Å². The van der Waals surface area contributed by atoms with Gasteiger partial charge < -0.3 is 14.8 Å². The number of sulfonamides is 1. The average molecular weight is 447 g/mol. The van der Waals surface area contributed by atoms with Crippen LogP contribution in [0.5, 0.6) is 11.5 Å². The SMILES string of the molecule is COc1ccc(S(=O)(=O)N[C@@H](C)C(=O)NCc2ccc(Cl)cc2Cl)cc1OC. The maximum atomic E-state index is 12.6.